The van der Waals surface area contributed by atoms with Crippen LogP contribution in [0.25, 0.3) is 22.5 Å². The Morgan fingerprint density at radius 2 is 1.48 bits per heavy atom. The van der Waals surface area contributed by atoms with Gasteiger partial charge in [0.15, 0.2) is 5.82 Å². The molecule has 19 heteroatoms. The molecule has 5 amide bonds. The van der Waals surface area contributed by atoms with Crippen molar-refractivity contribution in [3.05, 3.63) is 88.7 Å². The Labute approximate surface area is 403 Å². The van der Waals surface area contributed by atoms with Crippen molar-refractivity contribution in [2.45, 2.75) is 85.0 Å². The number of hydrogen-bond acceptors (Lipinski definition) is 14. The standard InChI is InChI=1S/C50H65N11O8/c1-29-42(30(2)57-44(56-29)33-9-12-35(13-10-33)67-23-17-50(4,5)6)47(64)59-38(16-18-51)49(66)61(7)43-34-11-15-41(69-25-21-54)37(28-34)36-26-32(8-14-40(36)68-24-20-53)27-39(46(63)55-22-19-52)60-45(62)31(3)58-48(43)65/h8-15,26,28,31,38-39,43H,16-18,20-25,27,51,53-54H2,1-7H3,(H,55,63)(H,58,65)(H,59,64)(H,60,62)/t31-,38?,39-,43-/m0/s1. The van der Waals surface area contributed by atoms with Crippen LogP contribution in [0.5, 0.6) is 17.2 Å². The molecule has 0 spiro atoms. The van der Waals surface area contributed by atoms with Gasteiger partial charge < -0.3 is 57.6 Å². The minimum atomic E-state index is -1.41. The summed E-state index contributed by atoms with van der Waals surface area (Å²) < 4.78 is 18.1. The third kappa shape index (κ3) is 14.0. The molecule has 368 valence electrons. The number of nitriles is 1. The predicted octanol–water partition coefficient (Wildman–Crippen LogP) is 2.75. The van der Waals surface area contributed by atoms with Gasteiger partial charge >= 0.3 is 0 Å². The van der Waals surface area contributed by atoms with Gasteiger partial charge in [0.2, 0.25) is 23.6 Å². The molecule has 0 aliphatic carbocycles. The van der Waals surface area contributed by atoms with Crippen molar-refractivity contribution < 1.29 is 38.2 Å². The zero-order valence-corrected chi connectivity index (χ0v) is 40.4. The highest BCUT2D eigenvalue weighted by Gasteiger charge is 2.36. The first kappa shape index (κ1) is 52.8. The molecule has 19 nitrogen and oxygen atoms in total. The van der Waals surface area contributed by atoms with E-state index in [0.29, 0.717) is 63.3 Å². The molecule has 4 bridgehead atoms. The Bertz CT molecular complexity index is 2500. The molecule has 1 aliphatic rings. The number of nitrogens with one attached hydrogen (secondary N) is 4. The van der Waals surface area contributed by atoms with E-state index in [2.05, 4.69) is 52.0 Å². The molecule has 1 unspecified atom stereocenters. The highest BCUT2D eigenvalue weighted by molar-refractivity contribution is 6.00. The quantitative estimate of drug-likeness (QED) is 0.0707. The summed E-state index contributed by atoms with van der Waals surface area (Å²) in [7, 11) is 1.41. The summed E-state index contributed by atoms with van der Waals surface area (Å²) in [6.45, 7) is 12.2. The molecule has 0 saturated carbocycles. The summed E-state index contributed by atoms with van der Waals surface area (Å²) in [5.41, 5.74) is 21.4. The van der Waals surface area contributed by atoms with Gasteiger partial charge in [0.25, 0.3) is 5.91 Å². The molecule has 0 radical (unpaired) electrons. The second-order valence-corrected chi connectivity index (χ2v) is 18.0. The van der Waals surface area contributed by atoms with Crippen LogP contribution in [0.3, 0.4) is 0 Å². The first-order valence-electron chi connectivity index (χ1n) is 22.9. The molecule has 10 N–H and O–H groups in total. The molecule has 0 saturated heterocycles. The number of ether oxygens (including phenoxy) is 3. The van der Waals surface area contributed by atoms with Crippen molar-refractivity contribution in [3.63, 3.8) is 0 Å². The van der Waals surface area contributed by atoms with Gasteiger partial charge in [-0.1, -0.05) is 32.9 Å². The molecular formula is C50H65N11O8. The van der Waals surface area contributed by atoms with Crippen LogP contribution < -0.4 is 52.7 Å². The summed E-state index contributed by atoms with van der Waals surface area (Å²) >= 11 is 0. The zero-order chi connectivity index (χ0) is 50.4. The van der Waals surface area contributed by atoms with Crippen molar-refractivity contribution in [1.82, 2.24) is 36.1 Å². The molecule has 1 aromatic heterocycles. The zero-order valence-electron chi connectivity index (χ0n) is 40.4. The minimum absolute atomic E-state index is 0.00224. The van der Waals surface area contributed by atoms with Crippen LogP contribution in [0.1, 0.15) is 79.5 Å². The number of amides is 5. The summed E-state index contributed by atoms with van der Waals surface area (Å²) in [4.78, 5) is 81.2. The Hall–Kier alpha value is -7.14. The highest BCUT2D eigenvalue weighted by atomic mass is 16.5. The van der Waals surface area contributed by atoms with Crippen LogP contribution in [0.15, 0.2) is 60.7 Å². The lowest BCUT2D eigenvalue weighted by atomic mass is 9.93. The second-order valence-electron chi connectivity index (χ2n) is 18.0. The fraction of sp³-hybridized carbons (Fsp3) is 0.440. The maximum atomic E-state index is 14.8. The van der Waals surface area contributed by atoms with Gasteiger partial charge in [-0.05, 0) is 105 Å². The maximum Gasteiger partial charge on any atom is 0.255 e. The van der Waals surface area contributed by atoms with E-state index in [9.17, 15) is 29.2 Å². The van der Waals surface area contributed by atoms with Crippen molar-refractivity contribution in [2.24, 2.45) is 22.6 Å². The fourth-order valence-electron chi connectivity index (χ4n) is 7.71. The van der Waals surface area contributed by atoms with E-state index >= 15 is 0 Å². The lowest BCUT2D eigenvalue weighted by molar-refractivity contribution is -0.141. The molecule has 1 aliphatic heterocycles. The number of carbonyl (C=O) groups excluding carboxylic acids is 5. The lowest BCUT2D eigenvalue weighted by Crippen LogP contribution is -2.56. The van der Waals surface area contributed by atoms with Gasteiger partial charge in [-0.3, -0.25) is 24.0 Å². The number of rotatable bonds is 18. The fourth-order valence-corrected chi connectivity index (χ4v) is 7.71. The summed E-state index contributed by atoms with van der Waals surface area (Å²) in [6.07, 6.45) is 0.879. The number of benzene rings is 3. The van der Waals surface area contributed by atoms with Crippen LogP contribution in [0.2, 0.25) is 0 Å². The average Bonchev–Trinajstić information content (AvgIpc) is 3.30. The largest absolute Gasteiger partial charge is 0.494 e. The molecular weight excluding hydrogens is 883 g/mol. The number of hydrogen-bond donors (Lipinski definition) is 7. The predicted molar refractivity (Wildman–Crippen MR) is 260 cm³/mol. The van der Waals surface area contributed by atoms with E-state index in [1.807, 2.05) is 30.3 Å². The normalized spacial score (nSPS) is 16.4. The summed E-state index contributed by atoms with van der Waals surface area (Å²) in [5, 5.41) is 19.9. The maximum absolute atomic E-state index is 14.8. The van der Waals surface area contributed by atoms with Crippen LogP contribution in [-0.4, -0.2) is 116 Å². The topological polar surface area (TPSA) is 292 Å². The average molecular weight is 948 g/mol. The van der Waals surface area contributed by atoms with Crippen molar-refractivity contribution in [3.8, 4) is 45.8 Å². The first-order chi connectivity index (χ1) is 32.9. The van der Waals surface area contributed by atoms with Crippen molar-refractivity contribution in [2.75, 3.05) is 53.0 Å². The molecule has 69 heavy (non-hydrogen) atoms. The first-order valence-corrected chi connectivity index (χ1v) is 22.9. The third-order valence-electron chi connectivity index (χ3n) is 11.3. The SMILES string of the molecule is Cc1nc(-c2ccc(OCCC(C)(C)C)cc2)nc(C)c1C(=O)NC(CCN)C(=O)N(C)[C@@H]1C(=O)N[C@@H](C)C(=O)N[C@H](C(=O)NCC#N)Cc2ccc(OCCN)c(c2)-c2cc1ccc2OCCN. The Balaban J connectivity index is 1.52. The smallest absolute Gasteiger partial charge is 0.255 e. The lowest BCUT2D eigenvalue weighted by Gasteiger charge is -2.32. The molecule has 0 fully saturated rings. The van der Waals surface area contributed by atoms with Crippen LogP contribution in [-0.2, 0) is 25.6 Å². The Kier molecular flexibility index (Phi) is 18.6. The van der Waals surface area contributed by atoms with E-state index in [0.717, 1.165) is 12.0 Å². The number of nitrogens with zero attached hydrogens (tertiary/aromatic N) is 4. The number of aryl methyl sites for hydroxylation is 2. The number of likely N-dealkylation sites (N-methyl/N-ethyl adjacent to an activating group) is 1. The molecule has 5 rings (SSSR count). The van der Waals surface area contributed by atoms with Crippen molar-refractivity contribution >= 4 is 29.5 Å². The van der Waals surface area contributed by atoms with Crippen LogP contribution in [0, 0.1) is 30.6 Å². The van der Waals surface area contributed by atoms with E-state index in [1.165, 1.54) is 18.9 Å². The number of aromatic nitrogens is 2. The molecule has 4 atom stereocenters. The second kappa shape index (κ2) is 24.2. The van der Waals surface area contributed by atoms with Crippen molar-refractivity contribution in [1.29, 1.82) is 5.26 Å². The minimum Gasteiger partial charge on any atom is -0.494 e. The van der Waals surface area contributed by atoms with E-state index in [4.69, 9.17) is 31.4 Å². The number of fused-ring (bicyclic) bond motifs is 5. The van der Waals surface area contributed by atoms with Crippen LogP contribution >= 0.6 is 0 Å². The van der Waals surface area contributed by atoms with Gasteiger partial charge in [-0.25, -0.2) is 9.97 Å². The highest BCUT2D eigenvalue weighted by Crippen LogP contribution is 2.40. The van der Waals surface area contributed by atoms with E-state index < -0.39 is 53.7 Å². The molecule has 2 heterocycles. The number of carbonyl (C=O) groups is 5. The number of nitrogens with two attached hydrogens (primary N) is 3. The summed E-state index contributed by atoms with van der Waals surface area (Å²) in [5.74, 6) is -1.50. The van der Waals surface area contributed by atoms with Gasteiger partial charge in [0.1, 0.15) is 61.2 Å². The summed E-state index contributed by atoms with van der Waals surface area (Å²) in [6, 6.07) is 14.4. The molecule has 3 aromatic carbocycles. The van der Waals surface area contributed by atoms with E-state index in [1.54, 1.807) is 50.2 Å². The Morgan fingerprint density at radius 1 is 0.855 bits per heavy atom. The van der Waals surface area contributed by atoms with E-state index in [-0.39, 0.29) is 63.2 Å². The van der Waals surface area contributed by atoms with Crippen LogP contribution in [0.4, 0.5) is 0 Å². The Morgan fingerprint density at radius 3 is 2.07 bits per heavy atom. The third-order valence-corrected chi connectivity index (χ3v) is 11.3. The van der Waals surface area contributed by atoms with Gasteiger partial charge in [-0.2, -0.15) is 5.26 Å². The molecule has 4 aromatic rings. The monoisotopic (exact) mass is 948 g/mol. The van der Waals surface area contributed by atoms with Gasteiger partial charge in [0.05, 0.1) is 29.6 Å². The van der Waals surface area contributed by atoms with Gasteiger partial charge in [-0.15, -0.1) is 0 Å². The van der Waals surface area contributed by atoms with Gasteiger partial charge in [0, 0.05) is 43.2 Å².